The molecule has 1 atom stereocenters. The van der Waals surface area contributed by atoms with Crippen molar-refractivity contribution in [1.29, 1.82) is 0 Å². The van der Waals surface area contributed by atoms with Gasteiger partial charge >= 0.3 is 12.0 Å². The second-order valence-electron chi connectivity index (χ2n) is 12.1. The Morgan fingerprint density at radius 2 is 1.69 bits per heavy atom. The number of hydrogen-bond acceptors (Lipinski definition) is 8. The summed E-state index contributed by atoms with van der Waals surface area (Å²) in [5, 5.41) is 0.617. The van der Waals surface area contributed by atoms with Gasteiger partial charge in [-0.2, -0.15) is 4.98 Å². The summed E-state index contributed by atoms with van der Waals surface area (Å²) in [7, 11) is 3.02. The molecule has 10 nitrogen and oxygen atoms in total. The molecule has 3 aromatic rings. The molecule has 1 fully saturated rings. The molecule has 1 unspecified atom stereocenters. The van der Waals surface area contributed by atoms with Gasteiger partial charge in [-0.1, -0.05) is 23.7 Å². The van der Waals surface area contributed by atoms with Crippen LogP contribution in [0.1, 0.15) is 94.1 Å². The number of methoxy groups -OCH3 is 2. The number of amides is 1. The van der Waals surface area contributed by atoms with Gasteiger partial charge in [-0.15, -0.1) is 0 Å². The quantitative estimate of drug-likeness (QED) is 0.304. The van der Waals surface area contributed by atoms with Crippen LogP contribution >= 0.6 is 11.6 Å². The zero-order valence-corrected chi connectivity index (χ0v) is 25.9. The van der Waals surface area contributed by atoms with Gasteiger partial charge in [0.15, 0.2) is 5.69 Å². The first-order chi connectivity index (χ1) is 19.9. The van der Waals surface area contributed by atoms with E-state index in [1.54, 1.807) is 6.20 Å². The third-order valence-corrected chi connectivity index (χ3v) is 8.06. The minimum atomic E-state index is -0.531. The third kappa shape index (κ3) is 5.56. The van der Waals surface area contributed by atoms with Gasteiger partial charge in [-0.3, -0.25) is 9.59 Å². The lowest BCUT2D eigenvalue weighted by molar-refractivity contribution is -0.161. The summed E-state index contributed by atoms with van der Waals surface area (Å²) in [6, 6.07) is 7.28. The van der Waals surface area contributed by atoms with Crippen molar-refractivity contribution in [3.05, 3.63) is 52.4 Å². The molecule has 5 rings (SSSR count). The Labute approximate surface area is 251 Å². The topological polar surface area (TPSA) is 109 Å². The SMILES string of the molecule is COc1ncc(-c2nc3c(n2C(C)C)C(c2ccc(Cl)cc2)N(C2CCC(C(=O)OC(C)(C)C)CC2)C3=O)c(OC)n1. The van der Waals surface area contributed by atoms with Gasteiger partial charge in [0.1, 0.15) is 17.5 Å². The number of aromatic nitrogens is 4. The molecule has 3 heterocycles. The lowest BCUT2D eigenvalue weighted by Gasteiger charge is -2.38. The van der Waals surface area contributed by atoms with Crippen LogP contribution in [0.15, 0.2) is 30.5 Å². The molecule has 0 bridgehead atoms. The van der Waals surface area contributed by atoms with Gasteiger partial charge in [0.2, 0.25) is 5.88 Å². The first-order valence-electron chi connectivity index (χ1n) is 14.3. The second kappa shape index (κ2) is 11.6. The Bertz CT molecular complexity index is 1470. The van der Waals surface area contributed by atoms with Gasteiger partial charge in [0.05, 0.1) is 31.4 Å². The molecule has 11 heteroatoms. The molecule has 42 heavy (non-hydrogen) atoms. The predicted molar refractivity (Wildman–Crippen MR) is 158 cm³/mol. The second-order valence-corrected chi connectivity index (χ2v) is 12.6. The normalized spacial score (nSPS) is 20.5. The number of carbonyl (C=O) groups is 2. The molecule has 224 valence electrons. The first-order valence-corrected chi connectivity index (χ1v) is 14.7. The van der Waals surface area contributed by atoms with E-state index >= 15 is 0 Å². The number of ether oxygens (including phenoxy) is 3. The Kier molecular flexibility index (Phi) is 8.20. The van der Waals surface area contributed by atoms with Crippen molar-refractivity contribution in [2.24, 2.45) is 5.92 Å². The van der Waals surface area contributed by atoms with Gasteiger partial charge < -0.3 is 23.7 Å². The molecule has 2 aromatic heterocycles. The molecule has 1 aliphatic carbocycles. The van der Waals surface area contributed by atoms with Crippen LogP contribution < -0.4 is 9.47 Å². The van der Waals surface area contributed by atoms with Gasteiger partial charge in [0.25, 0.3) is 5.91 Å². The maximum Gasteiger partial charge on any atom is 0.319 e. The fourth-order valence-electron chi connectivity index (χ4n) is 6.02. The Hall–Kier alpha value is -3.66. The summed E-state index contributed by atoms with van der Waals surface area (Å²) >= 11 is 6.27. The number of imidazole rings is 1. The number of halogens is 1. The van der Waals surface area contributed by atoms with E-state index in [2.05, 4.69) is 28.4 Å². The molecule has 1 aliphatic heterocycles. The third-order valence-electron chi connectivity index (χ3n) is 7.80. The van der Waals surface area contributed by atoms with Crippen molar-refractivity contribution in [3.63, 3.8) is 0 Å². The van der Waals surface area contributed by atoms with E-state index in [0.29, 0.717) is 53.7 Å². The van der Waals surface area contributed by atoms with Crippen molar-refractivity contribution in [2.75, 3.05) is 14.2 Å². The van der Waals surface area contributed by atoms with E-state index in [0.717, 1.165) is 11.3 Å². The van der Waals surface area contributed by atoms with E-state index in [1.807, 2.05) is 49.9 Å². The van der Waals surface area contributed by atoms with Gasteiger partial charge in [-0.25, -0.2) is 9.97 Å². The molecule has 1 saturated carbocycles. The van der Waals surface area contributed by atoms with E-state index in [1.165, 1.54) is 14.2 Å². The minimum Gasteiger partial charge on any atom is -0.480 e. The molecular formula is C31H38ClN5O5. The monoisotopic (exact) mass is 595 g/mol. The van der Waals surface area contributed by atoms with Crippen molar-refractivity contribution in [1.82, 2.24) is 24.4 Å². The van der Waals surface area contributed by atoms with Crippen LogP contribution in [-0.4, -0.2) is 62.2 Å². The summed E-state index contributed by atoms with van der Waals surface area (Å²) in [6.07, 6.45) is 4.31. The molecule has 0 spiro atoms. The van der Waals surface area contributed by atoms with Crippen LogP contribution in [0.4, 0.5) is 0 Å². The lowest BCUT2D eigenvalue weighted by Crippen LogP contribution is -2.43. The molecule has 0 saturated heterocycles. The van der Waals surface area contributed by atoms with Crippen LogP contribution in [0, 0.1) is 5.92 Å². The number of hydrogen-bond donors (Lipinski definition) is 0. The van der Waals surface area contributed by atoms with Crippen molar-refractivity contribution >= 4 is 23.5 Å². The number of benzene rings is 1. The number of nitrogens with zero attached hydrogens (tertiary/aromatic N) is 5. The lowest BCUT2D eigenvalue weighted by atomic mass is 9.84. The highest BCUT2D eigenvalue weighted by Gasteiger charge is 2.48. The molecule has 2 aliphatic rings. The standard InChI is InChI=1S/C31H38ClN5O5/c1-17(2)36-25-23(34-26(36)22-16-33-30(41-7)35-27(22)40-6)28(38)37(24(25)18-8-12-20(32)13-9-18)21-14-10-19(11-15-21)29(39)42-31(3,4)5/h8-9,12-13,16-17,19,21,24H,10-11,14-15H2,1-7H3. The average Bonchev–Trinajstić information content (AvgIpc) is 3.47. The van der Waals surface area contributed by atoms with Crippen molar-refractivity contribution in [2.45, 2.75) is 84.0 Å². The van der Waals surface area contributed by atoms with E-state index < -0.39 is 5.60 Å². The highest BCUT2D eigenvalue weighted by atomic mass is 35.5. The summed E-state index contributed by atoms with van der Waals surface area (Å²) in [5.41, 5.74) is 2.17. The van der Waals surface area contributed by atoms with E-state index in [-0.39, 0.29) is 41.9 Å². The number of esters is 1. The van der Waals surface area contributed by atoms with Gasteiger partial charge in [-0.05, 0) is 78.0 Å². The summed E-state index contributed by atoms with van der Waals surface area (Å²) in [6.45, 7) is 9.76. The number of rotatable bonds is 7. The minimum absolute atomic E-state index is 0.0477. The fourth-order valence-corrected chi connectivity index (χ4v) is 6.15. The first kappa shape index (κ1) is 29.8. The molecule has 1 aromatic carbocycles. The van der Waals surface area contributed by atoms with Crippen molar-refractivity contribution in [3.8, 4) is 23.3 Å². The number of fused-ring (bicyclic) bond motifs is 1. The Morgan fingerprint density at radius 1 is 1.02 bits per heavy atom. The molecule has 1 amide bonds. The highest BCUT2D eigenvalue weighted by molar-refractivity contribution is 6.30. The molecule has 0 N–H and O–H groups in total. The molecular weight excluding hydrogens is 558 g/mol. The predicted octanol–water partition coefficient (Wildman–Crippen LogP) is 6.04. The zero-order valence-electron chi connectivity index (χ0n) is 25.2. The fraction of sp³-hybridized carbons (Fsp3) is 0.516. The average molecular weight is 596 g/mol. The summed E-state index contributed by atoms with van der Waals surface area (Å²) < 4.78 is 18.5. The summed E-state index contributed by atoms with van der Waals surface area (Å²) in [4.78, 5) is 42.6. The van der Waals surface area contributed by atoms with Crippen LogP contribution in [0.25, 0.3) is 11.4 Å². The Balaban J connectivity index is 1.56. The van der Waals surface area contributed by atoms with E-state index in [4.69, 9.17) is 30.8 Å². The van der Waals surface area contributed by atoms with Crippen LogP contribution in [-0.2, 0) is 9.53 Å². The maximum atomic E-state index is 14.3. The van der Waals surface area contributed by atoms with Crippen molar-refractivity contribution < 1.29 is 23.8 Å². The maximum absolute atomic E-state index is 14.3. The zero-order chi connectivity index (χ0) is 30.3. The largest absolute Gasteiger partial charge is 0.480 e. The van der Waals surface area contributed by atoms with Crippen LogP contribution in [0.2, 0.25) is 5.02 Å². The highest BCUT2D eigenvalue weighted by Crippen LogP contribution is 2.46. The molecule has 0 radical (unpaired) electrons. The van der Waals surface area contributed by atoms with Crippen LogP contribution in [0.3, 0.4) is 0 Å². The van der Waals surface area contributed by atoms with Crippen LogP contribution in [0.5, 0.6) is 11.9 Å². The smallest absolute Gasteiger partial charge is 0.319 e. The number of carbonyl (C=O) groups excluding carboxylic acids is 2. The summed E-state index contributed by atoms with van der Waals surface area (Å²) in [5.74, 6) is 0.376. The Morgan fingerprint density at radius 3 is 2.26 bits per heavy atom. The van der Waals surface area contributed by atoms with Gasteiger partial charge in [0, 0.05) is 23.3 Å². The van der Waals surface area contributed by atoms with E-state index in [9.17, 15) is 9.59 Å².